The van der Waals surface area contributed by atoms with Crippen molar-refractivity contribution in [1.82, 2.24) is 15.0 Å². The first-order valence-corrected chi connectivity index (χ1v) is 9.73. The van der Waals surface area contributed by atoms with Crippen molar-refractivity contribution in [3.8, 4) is 0 Å². The van der Waals surface area contributed by atoms with Crippen molar-refractivity contribution in [3.63, 3.8) is 0 Å². The van der Waals surface area contributed by atoms with E-state index in [0.29, 0.717) is 12.8 Å². The summed E-state index contributed by atoms with van der Waals surface area (Å²) in [6.45, 7) is 1.83. The maximum absolute atomic E-state index is 13.3. The van der Waals surface area contributed by atoms with Crippen LogP contribution in [0.5, 0.6) is 0 Å². The van der Waals surface area contributed by atoms with Crippen LogP contribution in [0.3, 0.4) is 0 Å². The molecule has 7 nitrogen and oxygen atoms in total. The van der Waals surface area contributed by atoms with Gasteiger partial charge in [-0.1, -0.05) is 36.8 Å². The van der Waals surface area contributed by atoms with Gasteiger partial charge >= 0.3 is 5.97 Å². The second-order valence-corrected chi connectivity index (χ2v) is 7.39. The summed E-state index contributed by atoms with van der Waals surface area (Å²) in [5.41, 5.74) is 7.69. The molecule has 0 amide bonds. The molecule has 1 aromatic heterocycles. The van der Waals surface area contributed by atoms with Crippen LogP contribution in [0.15, 0.2) is 48.5 Å². The molecule has 1 saturated carbocycles. The van der Waals surface area contributed by atoms with E-state index in [2.05, 4.69) is 20.3 Å². The van der Waals surface area contributed by atoms with E-state index in [4.69, 9.17) is 10.5 Å². The smallest absolute Gasteiger partial charge is 0.317 e. The molecule has 0 aliphatic heterocycles. The number of nitrogens with two attached hydrogens (primary N) is 1. The summed E-state index contributed by atoms with van der Waals surface area (Å²) in [7, 11) is 0. The Kier molecular flexibility index (Phi) is 5.31. The second kappa shape index (κ2) is 8.06. The number of benzene rings is 2. The molecule has 30 heavy (non-hydrogen) atoms. The number of para-hydroxylation sites is 1. The number of halogens is 1. The second-order valence-electron chi connectivity index (χ2n) is 7.39. The summed E-state index contributed by atoms with van der Waals surface area (Å²) in [6.07, 6.45) is 2.24. The third-order valence-corrected chi connectivity index (χ3v) is 5.42. The van der Waals surface area contributed by atoms with Crippen LogP contribution in [0.1, 0.15) is 36.2 Å². The molecule has 1 heterocycles. The molecule has 4 rings (SSSR count). The van der Waals surface area contributed by atoms with Gasteiger partial charge in [0.2, 0.25) is 11.9 Å². The predicted molar refractivity (Wildman–Crippen MR) is 110 cm³/mol. The maximum Gasteiger partial charge on any atom is 0.317 e. The lowest BCUT2D eigenvalue weighted by atomic mass is 9.64. The van der Waals surface area contributed by atoms with Gasteiger partial charge in [0.15, 0.2) is 12.4 Å². The average Bonchev–Trinajstić information content (AvgIpc) is 2.68. The van der Waals surface area contributed by atoms with Gasteiger partial charge in [0, 0.05) is 5.69 Å². The Hall–Kier alpha value is -3.55. The quantitative estimate of drug-likeness (QED) is 0.599. The van der Waals surface area contributed by atoms with E-state index in [1.807, 2.05) is 31.2 Å². The molecule has 1 aliphatic carbocycles. The predicted octanol–water partition coefficient (Wildman–Crippen LogP) is 3.81. The number of ether oxygens (including phenoxy) is 1. The van der Waals surface area contributed by atoms with Crippen LogP contribution in [-0.2, 0) is 21.6 Å². The Morgan fingerprint density at radius 3 is 2.53 bits per heavy atom. The Morgan fingerprint density at radius 1 is 1.13 bits per heavy atom. The number of carbonyl (C=O) groups excluding carboxylic acids is 1. The van der Waals surface area contributed by atoms with Crippen LogP contribution in [-0.4, -0.2) is 20.9 Å². The van der Waals surface area contributed by atoms with Crippen molar-refractivity contribution in [1.29, 1.82) is 0 Å². The SMILES string of the molecule is Cc1ccccc1Nc1nc(N)nc(COC(=O)C2(c3ccc(F)cc3)CCC2)n1. The molecule has 0 saturated heterocycles. The van der Waals surface area contributed by atoms with E-state index in [0.717, 1.165) is 23.2 Å². The van der Waals surface area contributed by atoms with Crippen LogP contribution in [0.2, 0.25) is 0 Å². The number of carbonyl (C=O) groups is 1. The monoisotopic (exact) mass is 407 g/mol. The van der Waals surface area contributed by atoms with Crippen molar-refractivity contribution in [2.45, 2.75) is 38.2 Å². The Labute approximate surface area is 173 Å². The fourth-order valence-corrected chi connectivity index (χ4v) is 3.57. The average molecular weight is 407 g/mol. The van der Waals surface area contributed by atoms with Gasteiger partial charge in [0.05, 0.1) is 5.41 Å². The first-order chi connectivity index (χ1) is 14.5. The normalized spacial score (nSPS) is 14.6. The van der Waals surface area contributed by atoms with Crippen LogP contribution < -0.4 is 11.1 Å². The van der Waals surface area contributed by atoms with Crippen LogP contribution in [0.4, 0.5) is 22.0 Å². The van der Waals surface area contributed by atoms with Gasteiger partial charge < -0.3 is 15.8 Å². The van der Waals surface area contributed by atoms with Gasteiger partial charge in [-0.05, 0) is 49.1 Å². The summed E-state index contributed by atoms with van der Waals surface area (Å²) >= 11 is 0. The van der Waals surface area contributed by atoms with Crippen molar-refractivity contribution in [2.75, 3.05) is 11.1 Å². The zero-order valence-corrected chi connectivity index (χ0v) is 16.6. The molecule has 3 N–H and O–H groups in total. The lowest BCUT2D eigenvalue weighted by Gasteiger charge is -2.39. The molecule has 8 heteroatoms. The topological polar surface area (TPSA) is 103 Å². The van der Waals surface area contributed by atoms with E-state index in [1.54, 1.807) is 12.1 Å². The van der Waals surface area contributed by atoms with Crippen molar-refractivity contribution in [2.24, 2.45) is 0 Å². The van der Waals surface area contributed by atoms with Crippen LogP contribution in [0.25, 0.3) is 0 Å². The first kappa shape index (κ1) is 19.8. The number of nitrogens with zero attached hydrogens (tertiary/aromatic N) is 3. The van der Waals surface area contributed by atoms with Crippen molar-refractivity contribution in [3.05, 3.63) is 71.3 Å². The molecule has 1 fully saturated rings. The van der Waals surface area contributed by atoms with E-state index >= 15 is 0 Å². The fraction of sp³-hybridized carbons (Fsp3) is 0.273. The Morgan fingerprint density at radius 2 is 1.87 bits per heavy atom. The van der Waals surface area contributed by atoms with Crippen LogP contribution >= 0.6 is 0 Å². The fourth-order valence-electron chi connectivity index (χ4n) is 3.57. The lowest BCUT2D eigenvalue weighted by molar-refractivity contribution is -0.156. The van der Waals surface area contributed by atoms with Gasteiger partial charge in [0.1, 0.15) is 5.82 Å². The molecule has 3 aromatic rings. The standard InChI is InChI=1S/C22H22FN5O2/c1-14-5-2-3-6-17(14)25-21-27-18(26-20(24)28-21)13-30-19(29)22(11-4-12-22)15-7-9-16(23)10-8-15/h2-3,5-10H,4,11-13H2,1H3,(H3,24,25,26,27,28). The van der Waals surface area contributed by atoms with Gasteiger partial charge in [-0.3, -0.25) is 4.79 Å². The molecule has 1 aliphatic rings. The highest BCUT2D eigenvalue weighted by Crippen LogP contribution is 2.44. The highest BCUT2D eigenvalue weighted by atomic mass is 19.1. The Bertz CT molecular complexity index is 1070. The molecule has 0 spiro atoms. The molecular formula is C22H22FN5O2. The molecule has 2 aromatic carbocycles. The summed E-state index contributed by atoms with van der Waals surface area (Å²) in [5, 5.41) is 3.11. The largest absolute Gasteiger partial charge is 0.457 e. The number of hydrogen-bond acceptors (Lipinski definition) is 7. The van der Waals surface area contributed by atoms with Gasteiger partial charge in [-0.25, -0.2) is 4.39 Å². The maximum atomic E-state index is 13.3. The van der Waals surface area contributed by atoms with Crippen molar-refractivity contribution >= 4 is 23.6 Å². The van der Waals surface area contributed by atoms with E-state index in [1.165, 1.54) is 12.1 Å². The van der Waals surface area contributed by atoms with Gasteiger partial charge in [0.25, 0.3) is 0 Å². The lowest BCUT2D eigenvalue weighted by Crippen LogP contribution is -2.43. The minimum atomic E-state index is -0.742. The number of nitrogen functional groups attached to an aromatic ring is 1. The van der Waals surface area contributed by atoms with E-state index < -0.39 is 5.41 Å². The minimum absolute atomic E-state index is 0.0315. The molecular weight excluding hydrogens is 385 g/mol. The Balaban J connectivity index is 1.48. The van der Waals surface area contributed by atoms with Crippen molar-refractivity contribution < 1.29 is 13.9 Å². The number of rotatable bonds is 6. The number of anilines is 3. The van der Waals surface area contributed by atoms with Crippen LogP contribution in [0, 0.1) is 12.7 Å². The summed E-state index contributed by atoms with van der Waals surface area (Å²) in [5.74, 6) is -0.145. The highest BCUT2D eigenvalue weighted by Gasteiger charge is 2.47. The molecule has 154 valence electrons. The number of aromatic nitrogens is 3. The van der Waals surface area contributed by atoms with Gasteiger partial charge in [-0.15, -0.1) is 0 Å². The molecule has 0 unspecified atom stereocenters. The van der Waals surface area contributed by atoms with E-state index in [-0.39, 0.29) is 36.1 Å². The highest BCUT2D eigenvalue weighted by molar-refractivity contribution is 5.84. The third kappa shape index (κ3) is 3.94. The number of hydrogen-bond donors (Lipinski definition) is 2. The third-order valence-electron chi connectivity index (χ3n) is 5.42. The molecule has 0 bridgehead atoms. The number of nitrogens with one attached hydrogen (secondary N) is 1. The zero-order valence-electron chi connectivity index (χ0n) is 16.6. The first-order valence-electron chi connectivity index (χ1n) is 9.73. The van der Waals surface area contributed by atoms with Gasteiger partial charge in [-0.2, -0.15) is 15.0 Å². The zero-order chi connectivity index (χ0) is 21.1. The van der Waals surface area contributed by atoms with E-state index in [9.17, 15) is 9.18 Å². The summed E-state index contributed by atoms with van der Waals surface area (Å²) in [6, 6.07) is 13.7. The number of aryl methyl sites for hydroxylation is 1. The minimum Gasteiger partial charge on any atom is -0.457 e. The number of esters is 1. The summed E-state index contributed by atoms with van der Waals surface area (Å²) < 4.78 is 18.8. The summed E-state index contributed by atoms with van der Waals surface area (Å²) in [4.78, 5) is 25.4. The molecule has 0 atom stereocenters. The molecule has 0 radical (unpaired) electrons.